The average Bonchev–Trinajstić information content (AvgIpc) is 2.06. The summed E-state index contributed by atoms with van der Waals surface area (Å²) < 4.78 is 26.0. The van der Waals surface area contributed by atoms with E-state index in [2.05, 4.69) is 5.32 Å². The van der Waals surface area contributed by atoms with Gasteiger partial charge in [-0.2, -0.15) is 0 Å². The van der Waals surface area contributed by atoms with Crippen LogP contribution in [0.15, 0.2) is 0 Å². The predicted octanol–water partition coefficient (Wildman–Crippen LogP) is 1.82. The van der Waals surface area contributed by atoms with E-state index in [-0.39, 0.29) is 7.97 Å². The molecule has 0 saturated carbocycles. The van der Waals surface area contributed by atoms with Crippen molar-refractivity contribution in [2.45, 2.75) is 32.2 Å². The zero-order valence-electron chi connectivity index (χ0n) is 8.90. The minimum atomic E-state index is -2.57. The van der Waals surface area contributed by atoms with Crippen molar-refractivity contribution in [2.75, 3.05) is 27.2 Å². The second kappa shape index (κ2) is 5.50. The van der Waals surface area contributed by atoms with Gasteiger partial charge >= 0.3 is 0 Å². The van der Waals surface area contributed by atoms with Crippen molar-refractivity contribution in [1.82, 2.24) is 10.2 Å². The smallest absolute Gasteiger partial charge is 0.275 e. The van der Waals surface area contributed by atoms with Gasteiger partial charge in [0.05, 0.1) is 12.6 Å². The van der Waals surface area contributed by atoms with Gasteiger partial charge in [0, 0.05) is 1.43 Å². The highest BCUT2D eigenvalue weighted by Gasteiger charge is 2.42. The zero-order valence-corrected chi connectivity index (χ0v) is 8.90. The molecule has 82 valence electrons. The van der Waals surface area contributed by atoms with Crippen LogP contribution in [-0.4, -0.2) is 44.0 Å². The SMILES string of the molecule is CC.CN[C@H]1CCN(C)CC1(F)F.[HH]. The molecule has 0 aromatic carbocycles. The van der Waals surface area contributed by atoms with E-state index >= 15 is 0 Å². The number of nitrogens with one attached hydrogen (secondary N) is 1. The molecule has 1 aliphatic rings. The lowest BCUT2D eigenvalue weighted by molar-refractivity contribution is -0.0822. The normalized spacial score (nSPS) is 27.7. The number of hydrogen-bond donors (Lipinski definition) is 1. The van der Waals surface area contributed by atoms with E-state index in [1.54, 1.807) is 19.0 Å². The van der Waals surface area contributed by atoms with Crippen LogP contribution in [0.3, 0.4) is 0 Å². The molecule has 1 rings (SSSR count). The summed E-state index contributed by atoms with van der Waals surface area (Å²) in [5.74, 6) is -2.57. The number of rotatable bonds is 1. The lowest BCUT2D eigenvalue weighted by Crippen LogP contribution is -2.55. The van der Waals surface area contributed by atoms with Crippen LogP contribution in [0.5, 0.6) is 0 Å². The van der Waals surface area contributed by atoms with Crippen molar-refractivity contribution >= 4 is 0 Å². The maximum atomic E-state index is 13.0. The van der Waals surface area contributed by atoms with Gasteiger partial charge in [0.2, 0.25) is 0 Å². The fourth-order valence-corrected chi connectivity index (χ4v) is 1.47. The van der Waals surface area contributed by atoms with E-state index in [0.717, 1.165) is 6.54 Å². The van der Waals surface area contributed by atoms with Crippen LogP contribution in [0.25, 0.3) is 0 Å². The highest BCUT2D eigenvalue weighted by Crippen LogP contribution is 2.25. The molecule has 0 spiro atoms. The van der Waals surface area contributed by atoms with Gasteiger partial charge < -0.3 is 10.2 Å². The Balaban J connectivity index is 0. The molecule has 0 amide bonds. The summed E-state index contributed by atoms with van der Waals surface area (Å²) in [5, 5.41) is 2.64. The first-order valence-corrected chi connectivity index (χ1v) is 4.80. The van der Waals surface area contributed by atoms with Crippen LogP contribution >= 0.6 is 0 Å². The van der Waals surface area contributed by atoms with Gasteiger partial charge in [0.1, 0.15) is 0 Å². The Labute approximate surface area is 80.8 Å². The highest BCUT2D eigenvalue weighted by atomic mass is 19.3. The van der Waals surface area contributed by atoms with Crippen LogP contribution in [0.4, 0.5) is 8.78 Å². The molecular weight excluding hydrogens is 174 g/mol. The standard InChI is InChI=1S/C7H14F2N2.C2H6.H2/c1-10-6-3-4-11(2)5-7(6,8)9;1-2;/h6,10H,3-5H2,1-2H3;1-2H3;1H/t6-;;/m0../s1. The molecule has 1 aliphatic heterocycles. The lowest BCUT2D eigenvalue weighted by atomic mass is 10.0. The summed E-state index contributed by atoms with van der Waals surface area (Å²) in [6.07, 6.45) is 0.528. The lowest BCUT2D eigenvalue weighted by Gasteiger charge is -2.36. The molecule has 1 saturated heterocycles. The van der Waals surface area contributed by atoms with Crippen LogP contribution in [0.2, 0.25) is 0 Å². The Morgan fingerprint density at radius 1 is 1.46 bits per heavy atom. The minimum Gasteiger partial charge on any atom is -0.312 e. The molecule has 1 heterocycles. The number of nitrogens with zero attached hydrogens (tertiary/aromatic N) is 1. The molecule has 4 heteroatoms. The third-order valence-electron chi connectivity index (χ3n) is 2.14. The summed E-state index contributed by atoms with van der Waals surface area (Å²) >= 11 is 0. The van der Waals surface area contributed by atoms with Gasteiger partial charge in [-0.1, -0.05) is 13.8 Å². The van der Waals surface area contributed by atoms with Gasteiger partial charge in [-0.05, 0) is 27.1 Å². The fourth-order valence-electron chi connectivity index (χ4n) is 1.47. The Morgan fingerprint density at radius 3 is 2.38 bits per heavy atom. The first kappa shape index (κ1) is 12.8. The van der Waals surface area contributed by atoms with Gasteiger partial charge in [0.25, 0.3) is 5.92 Å². The fraction of sp³-hybridized carbons (Fsp3) is 1.00. The number of likely N-dealkylation sites (tertiary alicyclic amines) is 1. The van der Waals surface area contributed by atoms with Crippen molar-refractivity contribution in [2.24, 2.45) is 0 Å². The van der Waals surface area contributed by atoms with E-state index in [1.807, 2.05) is 13.8 Å². The van der Waals surface area contributed by atoms with Gasteiger partial charge in [-0.15, -0.1) is 0 Å². The third-order valence-corrected chi connectivity index (χ3v) is 2.14. The third kappa shape index (κ3) is 3.56. The summed E-state index contributed by atoms with van der Waals surface area (Å²) in [7, 11) is 3.31. The van der Waals surface area contributed by atoms with E-state index < -0.39 is 12.0 Å². The second-order valence-electron chi connectivity index (χ2n) is 3.13. The van der Waals surface area contributed by atoms with Crippen LogP contribution in [0, 0.1) is 0 Å². The summed E-state index contributed by atoms with van der Waals surface area (Å²) in [5.41, 5.74) is 0. The molecule has 0 radical (unpaired) electrons. The number of halogens is 2. The van der Waals surface area contributed by atoms with Crippen LogP contribution in [-0.2, 0) is 0 Å². The van der Waals surface area contributed by atoms with Gasteiger partial charge in [-0.3, -0.25) is 0 Å². The Kier molecular flexibility index (Phi) is 5.40. The highest BCUT2D eigenvalue weighted by molar-refractivity contribution is 4.89. The Hall–Kier alpha value is -0.220. The van der Waals surface area contributed by atoms with Crippen molar-refractivity contribution < 1.29 is 10.2 Å². The minimum absolute atomic E-state index is 0. The molecule has 1 fully saturated rings. The summed E-state index contributed by atoms with van der Waals surface area (Å²) in [4.78, 5) is 1.66. The molecule has 13 heavy (non-hydrogen) atoms. The second-order valence-corrected chi connectivity index (χ2v) is 3.13. The zero-order chi connectivity index (χ0) is 10.5. The first-order valence-electron chi connectivity index (χ1n) is 4.80. The average molecular weight is 196 g/mol. The quantitative estimate of drug-likeness (QED) is 0.688. The molecule has 1 atom stereocenters. The molecule has 0 unspecified atom stereocenters. The molecule has 0 aromatic heterocycles. The maximum Gasteiger partial charge on any atom is 0.275 e. The Morgan fingerprint density at radius 2 is 2.00 bits per heavy atom. The number of hydrogen-bond acceptors (Lipinski definition) is 2. The van der Waals surface area contributed by atoms with Crippen molar-refractivity contribution in [1.29, 1.82) is 0 Å². The van der Waals surface area contributed by atoms with Crippen molar-refractivity contribution in [3.8, 4) is 0 Å². The number of piperidine rings is 1. The molecule has 2 nitrogen and oxygen atoms in total. The monoisotopic (exact) mass is 196 g/mol. The van der Waals surface area contributed by atoms with Gasteiger partial charge in [0.15, 0.2) is 0 Å². The summed E-state index contributed by atoms with van der Waals surface area (Å²) in [6, 6.07) is -0.640. The predicted molar refractivity (Wildman–Crippen MR) is 53.4 cm³/mol. The molecule has 0 aliphatic carbocycles. The van der Waals surface area contributed by atoms with E-state index in [0.29, 0.717) is 6.42 Å². The van der Waals surface area contributed by atoms with Crippen molar-refractivity contribution in [3.63, 3.8) is 0 Å². The summed E-state index contributed by atoms with van der Waals surface area (Å²) in [6.45, 7) is 4.62. The largest absolute Gasteiger partial charge is 0.312 e. The van der Waals surface area contributed by atoms with Gasteiger partial charge in [-0.25, -0.2) is 8.78 Å². The maximum absolute atomic E-state index is 13.0. The molecular formula is C9H22F2N2. The topological polar surface area (TPSA) is 15.3 Å². The van der Waals surface area contributed by atoms with Crippen molar-refractivity contribution in [3.05, 3.63) is 0 Å². The number of alkyl halides is 2. The molecule has 0 bridgehead atoms. The Bertz CT molecular complexity index is 145. The first-order chi connectivity index (χ1) is 6.06. The van der Waals surface area contributed by atoms with Crippen LogP contribution < -0.4 is 5.32 Å². The van der Waals surface area contributed by atoms with E-state index in [9.17, 15) is 8.78 Å². The van der Waals surface area contributed by atoms with E-state index in [1.165, 1.54) is 0 Å². The van der Waals surface area contributed by atoms with Crippen LogP contribution in [0.1, 0.15) is 21.7 Å². The molecule has 1 N–H and O–H groups in total. The molecule has 0 aromatic rings. The van der Waals surface area contributed by atoms with E-state index in [4.69, 9.17) is 0 Å².